The van der Waals surface area contributed by atoms with E-state index in [0.29, 0.717) is 12.6 Å². The van der Waals surface area contributed by atoms with E-state index in [0.717, 1.165) is 32.2 Å². The number of nitrogens with zero attached hydrogens (tertiary/aromatic N) is 2. The molecule has 0 spiro atoms. The second-order valence-electron chi connectivity index (χ2n) is 6.85. The van der Waals surface area contributed by atoms with Crippen molar-refractivity contribution in [1.82, 2.24) is 9.80 Å². The fraction of sp³-hybridized carbons (Fsp3) is 0.867. The van der Waals surface area contributed by atoms with Crippen LogP contribution in [-0.2, 0) is 9.53 Å². The Labute approximate surface area is 121 Å². The molecular weight excluding hydrogens is 256 g/mol. The van der Waals surface area contributed by atoms with Crippen LogP contribution in [0.5, 0.6) is 0 Å². The molecule has 114 valence electrons. The molecule has 2 heterocycles. The van der Waals surface area contributed by atoms with Crippen LogP contribution in [0.25, 0.3) is 0 Å². The maximum Gasteiger partial charge on any atom is 0.410 e. The zero-order valence-electron chi connectivity index (χ0n) is 13.0. The molecule has 0 saturated carbocycles. The van der Waals surface area contributed by atoms with Gasteiger partial charge in [0, 0.05) is 19.1 Å². The summed E-state index contributed by atoms with van der Waals surface area (Å²) in [5.74, 6) is 0.0957. The van der Waals surface area contributed by atoms with E-state index in [1.165, 1.54) is 0 Å². The summed E-state index contributed by atoms with van der Waals surface area (Å²) >= 11 is 0. The van der Waals surface area contributed by atoms with Crippen LogP contribution < -0.4 is 0 Å². The average molecular weight is 282 g/mol. The number of amides is 2. The van der Waals surface area contributed by atoms with Gasteiger partial charge < -0.3 is 9.64 Å². The fourth-order valence-electron chi connectivity index (χ4n) is 3.01. The van der Waals surface area contributed by atoms with Gasteiger partial charge >= 0.3 is 6.09 Å². The van der Waals surface area contributed by atoms with Crippen molar-refractivity contribution in [3.05, 3.63) is 0 Å². The van der Waals surface area contributed by atoms with Gasteiger partial charge in [0.1, 0.15) is 11.6 Å². The van der Waals surface area contributed by atoms with E-state index in [9.17, 15) is 9.59 Å². The third-order valence-corrected chi connectivity index (χ3v) is 4.00. The Morgan fingerprint density at radius 2 is 1.65 bits per heavy atom. The lowest BCUT2D eigenvalue weighted by Gasteiger charge is -2.31. The minimum absolute atomic E-state index is 0.0957. The third kappa shape index (κ3) is 3.25. The van der Waals surface area contributed by atoms with Gasteiger partial charge in [-0.2, -0.15) is 0 Å². The molecule has 0 bridgehead atoms. The molecule has 2 amide bonds. The van der Waals surface area contributed by atoms with Gasteiger partial charge in [-0.3, -0.25) is 9.69 Å². The molecule has 0 aromatic heterocycles. The molecule has 0 aliphatic carbocycles. The van der Waals surface area contributed by atoms with E-state index in [1.807, 2.05) is 25.7 Å². The lowest BCUT2D eigenvalue weighted by molar-refractivity contribution is -0.136. The monoisotopic (exact) mass is 282 g/mol. The topological polar surface area (TPSA) is 49.9 Å². The SMILES string of the molecule is C[C@H]1CCCN1C(=O)C1CCCN1C(=O)OC(C)(C)C. The molecule has 0 aromatic rings. The van der Waals surface area contributed by atoms with E-state index in [4.69, 9.17) is 4.74 Å². The molecule has 2 rings (SSSR count). The predicted octanol–water partition coefficient (Wildman–Crippen LogP) is 2.40. The molecule has 2 saturated heterocycles. The predicted molar refractivity (Wildman–Crippen MR) is 76.4 cm³/mol. The summed E-state index contributed by atoms with van der Waals surface area (Å²) in [6.45, 7) is 9.06. The second kappa shape index (κ2) is 5.62. The van der Waals surface area contributed by atoms with Crippen LogP contribution in [0.1, 0.15) is 53.4 Å². The molecule has 1 unspecified atom stereocenters. The standard InChI is InChI=1S/C15H26N2O3/c1-11-7-5-9-16(11)13(18)12-8-6-10-17(12)14(19)20-15(2,3)4/h11-12H,5-10H2,1-4H3/t11-,12?/m0/s1. The highest BCUT2D eigenvalue weighted by molar-refractivity contribution is 5.86. The zero-order chi connectivity index (χ0) is 14.9. The summed E-state index contributed by atoms with van der Waals surface area (Å²) in [4.78, 5) is 28.4. The molecule has 20 heavy (non-hydrogen) atoms. The lowest BCUT2D eigenvalue weighted by atomic mass is 10.1. The fourth-order valence-corrected chi connectivity index (χ4v) is 3.01. The van der Waals surface area contributed by atoms with Gasteiger partial charge in [-0.1, -0.05) is 0 Å². The van der Waals surface area contributed by atoms with Crippen molar-refractivity contribution in [2.45, 2.75) is 71.1 Å². The number of carbonyl (C=O) groups is 2. The smallest absolute Gasteiger partial charge is 0.410 e. The van der Waals surface area contributed by atoms with Gasteiger partial charge in [-0.05, 0) is 53.4 Å². The Hall–Kier alpha value is -1.26. The number of rotatable bonds is 1. The Balaban J connectivity index is 2.03. The number of ether oxygens (including phenoxy) is 1. The highest BCUT2D eigenvalue weighted by Gasteiger charge is 2.40. The molecule has 2 fully saturated rings. The maximum absolute atomic E-state index is 12.6. The van der Waals surface area contributed by atoms with Crippen LogP contribution in [-0.4, -0.2) is 52.6 Å². The molecule has 0 N–H and O–H groups in total. The molecule has 2 aliphatic rings. The number of hydrogen-bond acceptors (Lipinski definition) is 3. The minimum atomic E-state index is -0.520. The summed E-state index contributed by atoms with van der Waals surface area (Å²) in [5, 5.41) is 0. The Morgan fingerprint density at radius 3 is 2.20 bits per heavy atom. The van der Waals surface area contributed by atoms with Crippen LogP contribution in [0.15, 0.2) is 0 Å². The summed E-state index contributed by atoms with van der Waals surface area (Å²) < 4.78 is 5.41. The van der Waals surface area contributed by atoms with Crippen molar-refractivity contribution < 1.29 is 14.3 Å². The normalized spacial score (nSPS) is 27.0. The average Bonchev–Trinajstić information content (AvgIpc) is 2.93. The van der Waals surface area contributed by atoms with Crippen LogP contribution in [0, 0.1) is 0 Å². The highest BCUT2D eigenvalue weighted by Crippen LogP contribution is 2.25. The number of carbonyl (C=O) groups excluding carboxylic acids is 2. The molecular formula is C15H26N2O3. The molecule has 2 aliphatic heterocycles. The first-order chi connectivity index (χ1) is 9.29. The largest absolute Gasteiger partial charge is 0.444 e. The van der Waals surface area contributed by atoms with Crippen molar-refractivity contribution in [2.75, 3.05) is 13.1 Å². The quantitative estimate of drug-likeness (QED) is 0.742. The van der Waals surface area contributed by atoms with Crippen molar-refractivity contribution in [3.8, 4) is 0 Å². The first kappa shape index (κ1) is 15.1. The molecule has 5 heteroatoms. The molecule has 5 nitrogen and oxygen atoms in total. The van der Waals surface area contributed by atoms with Gasteiger partial charge in [0.2, 0.25) is 5.91 Å². The van der Waals surface area contributed by atoms with Gasteiger partial charge in [-0.15, -0.1) is 0 Å². The zero-order valence-corrected chi connectivity index (χ0v) is 13.0. The van der Waals surface area contributed by atoms with Crippen LogP contribution in [0.3, 0.4) is 0 Å². The van der Waals surface area contributed by atoms with Gasteiger partial charge in [0.15, 0.2) is 0 Å². The second-order valence-corrected chi connectivity index (χ2v) is 6.85. The van der Waals surface area contributed by atoms with Crippen molar-refractivity contribution in [1.29, 1.82) is 0 Å². The lowest BCUT2D eigenvalue weighted by Crippen LogP contribution is -2.49. The Bertz CT molecular complexity index is 389. The summed E-state index contributed by atoms with van der Waals surface area (Å²) in [6.07, 6.45) is 3.39. The number of hydrogen-bond donors (Lipinski definition) is 0. The molecule has 2 atom stereocenters. The van der Waals surface area contributed by atoms with Crippen molar-refractivity contribution >= 4 is 12.0 Å². The summed E-state index contributed by atoms with van der Waals surface area (Å²) in [6, 6.07) is -0.0333. The van der Waals surface area contributed by atoms with Crippen LogP contribution >= 0.6 is 0 Å². The number of likely N-dealkylation sites (tertiary alicyclic amines) is 2. The first-order valence-electron chi connectivity index (χ1n) is 7.60. The molecule has 0 aromatic carbocycles. The Morgan fingerprint density at radius 1 is 1.05 bits per heavy atom. The third-order valence-electron chi connectivity index (χ3n) is 4.00. The van der Waals surface area contributed by atoms with Crippen molar-refractivity contribution in [3.63, 3.8) is 0 Å². The summed E-state index contributed by atoms with van der Waals surface area (Å²) in [7, 11) is 0. The van der Waals surface area contributed by atoms with E-state index in [-0.39, 0.29) is 18.0 Å². The maximum atomic E-state index is 12.6. The van der Waals surface area contributed by atoms with Crippen molar-refractivity contribution in [2.24, 2.45) is 0 Å². The summed E-state index contributed by atoms with van der Waals surface area (Å²) in [5.41, 5.74) is -0.520. The van der Waals surface area contributed by atoms with E-state index in [2.05, 4.69) is 6.92 Å². The molecule has 0 radical (unpaired) electrons. The van der Waals surface area contributed by atoms with Crippen LogP contribution in [0.2, 0.25) is 0 Å². The van der Waals surface area contributed by atoms with E-state index >= 15 is 0 Å². The van der Waals surface area contributed by atoms with E-state index < -0.39 is 5.60 Å². The van der Waals surface area contributed by atoms with Gasteiger partial charge in [0.25, 0.3) is 0 Å². The highest BCUT2D eigenvalue weighted by atomic mass is 16.6. The minimum Gasteiger partial charge on any atom is -0.444 e. The van der Waals surface area contributed by atoms with Crippen LogP contribution in [0.4, 0.5) is 4.79 Å². The van der Waals surface area contributed by atoms with Gasteiger partial charge in [0.05, 0.1) is 0 Å². The first-order valence-corrected chi connectivity index (χ1v) is 7.60. The van der Waals surface area contributed by atoms with E-state index in [1.54, 1.807) is 4.90 Å². The van der Waals surface area contributed by atoms with Gasteiger partial charge in [-0.25, -0.2) is 4.79 Å². The Kier molecular flexibility index (Phi) is 4.25.